The number of amides is 1. The van der Waals surface area contributed by atoms with Gasteiger partial charge in [0.2, 0.25) is 5.91 Å². The van der Waals surface area contributed by atoms with Crippen LogP contribution in [0, 0.1) is 5.92 Å². The van der Waals surface area contributed by atoms with Crippen molar-refractivity contribution in [3.8, 4) is 0 Å². The van der Waals surface area contributed by atoms with Gasteiger partial charge >= 0.3 is 0 Å². The number of anilines is 2. The standard InChI is InChI=1S/C19H25N5O/c1-15(2)19(25)24-12-10-23(11-13-24)18-9-8-17(21-22-18)20-14-16-6-4-3-5-7-16/h3-9,15H,10-14H2,1-2H3,(H,20,21). The Labute approximate surface area is 148 Å². The zero-order chi connectivity index (χ0) is 17.6. The smallest absolute Gasteiger partial charge is 0.225 e. The first-order valence-corrected chi connectivity index (χ1v) is 8.79. The molecule has 6 heteroatoms. The second kappa shape index (κ2) is 7.96. The molecule has 0 saturated carbocycles. The van der Waals surface area contributed by atoms with Gasteiger partial charge in [-0.25, -0.2) is 0 Å². The summed E-state index contributed by atoms with van der Waals surface area (Å²) in [5.74, 6) is 1.91. The molecule has 1 saturated heterocycles. The quantitative estimate of drug-likeness (QED) is 0.906. The Hall–Kier alpha value is -2.63. The van der Waals surface area contributed by atoms with Gasteiger partial charge in [0.25, 0.3) is 0 Å². The van der Waals surface area contributed by atoms with E-state index in [0.29, 0.717) is 0 Å². The number of carbonyl (C=O) groups is 1. The Morgan fingerprint density at radius 2 is 1.76 bits per heavy atom. The largest absolute Gasteiger partial charge is 0.365 e. The third-order valence-corrected chi connectivity index (χ3v) is 4.38. The average molecular weight is 339 g/mol. The van der Waals surface area contributed by atoms with Crippen LogP contribution < -0.4 is 10.2 Å². The van der Waals surface area contributed by atoms with Crippen LogP contribution in [0.2, 0.25) is 0 Å². The summed E-state index contributed by atoms with van der Waals surface area (Å²) in [5, 5.41) is 11.9. The summed E-state index contributed by atoms with van der Waals surface area (Å²) in [7, 11) is 0. The first kappa shape index (κ1) is 17.2. The zero-order valence-electron chi connectivity index (χ0n) is 14.9. The molecule has 1 aromatic heterocycles. The molecule has 2 heterocycles. The van der Waals surface area contributed by atoms with Crippen molar-refractivity contribution in [2.45, 2.75) is 20.4 Å². The maximum absolute atomic E-state index is 12.0. The molecule has 0 radical (unpaired) electrons. The van der Waals surface area contributed by atoms with Crippen molar-refractivity contribution in [2.24, 2.45) is 5.92 Å². The number of nitrogens with one attached hydrogen (secondary N) is 1. The number of carbonyl (C=O) groups excluding carboxylic acids is 1. The summed E-state index contributed by atoms with van der Waals surface area (Å²) in [6, 6.07) is 14.1. The summed E-state index contributed by atoms with van der Waals surface area (Å²) in [6.45, 7) is 7.70. The third-order valence-electron chi connectivity index (χ3n) is 4.38. The van der Waals surface area contributed by atoms with Crippen LogP contribution in [0.15, 0.2) is 42.5 Å². The monoisotopic (exact) mass is 339 g/mol. The lowest BCUT2D eigenvalue weighted by Crippen LogP contribution is -2.50. The minimum atomic E-state index is 0.0568. The molecule has 3 rings (SSSR count). The molecule has 6 nitrogen and oxygen atoms in total. The molecule has 2 aromatic rings. The zero-order valence-corrected chi connectivity index (χ0v) is 14.9. The van der Waals surface area contributed by atoms with Gasteiger partial charge < -0.3 is 15.1 Å². The topological polar surface area (TPSA) is 61.4 Å². The normalized spacial score (nSPS) is 14.7. The van der Waals surface area contributed by atoms with Gasteiger partial charge in [-0.15, -0.1) is 10.2 Å². The van der Waals surface area contributed by atoms with Crippen LogP contribution in [0.25, 0.3) is 0 Å². The highest BCUT2D eigenvalue weighted by Crippen LogP contribution is 2.16. The molecular weight excluding hydrogens is 314 g/mol. The Morgan fingerprint density at radius 1 is 1.04 bits per heavy atom. The molecule has 1 aliphatic heterocycles. The predicted octanol–water partition coefficient (Wildman–Crippen LogP) is 2.39. The first-order valence-electron chi connectivity index (χ1n) is 8.79. The molecular formula is C19H25N5O. The number of nitrogens with zero attached hydrogens (tertiary/aromatic N) is 4. The minimum Gasteiger partial charge on any atom is -0.365 e. The lowest BCUT2D eigenvalue weighted by atomic mass is 10.1. The van der Waals surface area contributed by atoms with Crippen LogP contribution in [-0.4, -0.2) is 47.2 Å². The lowest BCUT2D eigenvalue weighted by molar-refractivity contribution is -0.134. The Balaban J connectivity index is 1.52. The van der Waals surface area contributed by atoms with E-state index in [2.05, 4.69) is 32.5 Å². The molecule has 0 atom stereocenters. The number of hydrogen-bond donors (Lipinski definition) is 1. The fraction of sp³-hybridized carbons (Fsp3) is 0.421. The van der Waals surface area contributed by atoms with Crippen molar-refractivity contribution in [1.82, 2.24) is 15.1 Å². The van der Waals surface area contributed by atoms with Crippen LogP contribution in [0.1, 0.15) is 19.4 Å². The summed E-state index contributed by atoms with van der Waals surface area (Å²) < 4.78 is 0. The Kier molecular flexibility index (Phi) is 5.48. The Morgan fingerprint density at radius 3 is 2.36 bits per heavy atom. The van der Waals surface area contributed by atoms with E-state index in [0.717, 1.165) is 44.4 Å². The van der Waals surface area contributed by atoms with Gasteiger partial charge in [-0.1, -0.05) is 44.2 Å². The first-order chi connectivity index (χ1) is 12.1. The van der Waals surface area contributed by atoms with E-state index in [-0.39, 0.29) is 11.8 Å². The fourth-order valence-corrected chi connectivity index (χ4v) is 2.90. The molecule has 0 spiro atoms. The van der Waals surface area contributed by atoms with E-state index < -0.39 is 0 Å². The van der Waals surface area contributed by atoms with Crippen LogP contribution in [0.4, 0.5) is 11.6 Å². The molecule has 132 valence electrons. The summed E-state index contributed by atoms with van der Waals surface area (Å²) in [6.07, 6.45) is 0. The molecule has 1 aliphatic rings. The highest BCUT2D eigenvalue weighted by Gasteiger charge is 2.23. The average Bonchev–Trinajstić information content (AvgIpc) is 2.67. The summed E-state index contributed by atoms with van der Waals surface area (Å²) >= 11 is 0. The predicted molar refractivity (Wildman–Crippen MR) is 99.4 cm³/mol. The number of aromatic nitrogens is 2. The van der Waals surface area contributed by atoms with Crippen molar-refractivity contribution in [1.29, 1.82) is 0 Å². The van der Waals surface area contributed by atoms with Gasteiger partial charge in [0.05, 0.1) is 0 Å². The number of piperazine rings is 1. The van der Waals surface area contributed by atoms with E-state index in [9.17, 15) is 4.79 Å². The maximum Gasteiger partial charge on any atom is 0.225 e. The van der Waals surface area contributed by atoms with Crippen LogP contribution in [-0.2, 0) is 11.3 Å². The highest BCUT2D eigenvalue weighted by molar-refractivity contribution is 5.78. The highest BCUT2D eigenvalue weighted by atomic mass is 16.2. The van der Waals surface area contributed by atoms with E-state index >= 15 is 0 Å². The second-order valence-corrected chi connectivity index (χ2v) is 6.58. The van der Waals surface area contributed by atoms with Crippen molar-refractivity contribution in [2.75, 3.05) is 36.4 Å². The maximum atomic E-state index is 12.0. The van der Waals surface area contributed by atoms with E-state index in [1.54, 1.807) is 0 Å². The molecule has 1 N–H and O–H groups in total. The van der Waals surface area contributed by atoms with Gasteiger partial charge in [0.1, 0.15) is 5.82 Å². The van der Waals surface area contributed by atoms with Gasteiger partial charge in [0.15, 0.2) is 5.82 Å². The van der Waals surface area contributed by atoms with E-state index in [4.69, 9.17) is 0 Å². The van der Waals surface area contributed by atoms with Crippen molar-refractivity contribution < 1.29 is 4.79 Å². The summed E-state index contributed by atoms with van der Waals surface area (Å²) in [4.78, 5) is 16.2. The fourth-order valence-electron chi connectivity index (χ4n) is 2.90. The van der Waals surface area contributed by atoms with Crippen molar-refractivity contribution >= 4 is 17.5 Å². The van der Waals surface area contributed by atoms with Gasteiger partial charge in [-0.05, 0) is 17.7 Å². The van der Waals surface area contributed by atoms with Crippen LogP contribution >= 0.6 is 0 Å². The molecule has 1 aromatic carbocycles. The minimum absolute atomic E-state index is 0.0568. The Bertz CT molecular complexity index is 679. The molecule has 0 bridgehead atoms. The van der Waals surface area contributed by atoms with Gasteiger partial charge in [-0.2, -0.15) is 0 Å². The number of benzene rings is 1. The molecule has 1 fully saturated rings. The van der Waals surface area contributed by atoms with Crippen LogP contribution in [0.3, 0.4) is 0 Å². The van der Waals surface area contributed by atoms with Crippen molar-refractivity contribution in [3.05, 3.63) is 48.0 Å². The van der Waals surface area contributed by atoms with Gasteiger partial charge in [0, 0.05) is 38.6 Å². The molecule has 0 unspecified atom stereocenters. The second-order valence-electron chi connectivity index (χ2n) is 6.58. The number of hydrogen-bond acceptors (Lipinski definition) is 5. The molecule has 25 heavy (non-hydrogen) atoms. The SMILES string of the molecule is CC(C)C(=O)N1CCN(c2ccc(NCc3ccccc3)nn2)CC1. The molecule has 1 amide bonds. The van der Waals surface area contributed by atoms with E-state index in [1.165, 1.54) is 5.56 Å². The number of rotatable bonds is 5. The van der Waals surface area contributed by atoms with Crippen LogP contribution in [0.5, 0.6) is 0 Å². The third kappa shape index (κ3) is 4.47. The van der Waals surface area contributed by atoms with Gasteiger partial charge in [-0.3, -0.25) is 4.79 Å². The van der Waals surface area contributed by atoms with Crippen molar-refractivity contribution in [3.63, 3.8) is 0 Å². The van der Waals surface area contributed by atoms with E-state index in [1.807, 2.05) is 49.1 Å². The molecule has 0 aliphatic carbocycles. The summed E-state index contributed by atoms with van der Waals surface area (Å²) in [5.41, 5.74) is 1.21. The lowest BCUT2D eigenvalue weighted by Gasteiger charge is -2.36.